The lowest BCUT2D eigenvalue weighted by Gasteiger charge is -2.23. The minimum absolute atomic E-state index is 0.128. The second-order valence-corrected chi connectivity index (χ2v) is 6.20. The second kappa shape index (κ2) is 6.29. The summed E-state index contributed by atoms with van der Waals surface area (Å²) in [6.45, 7) is 2.95. The molecule has 0 aliphatic carbocycles. The van der Waals surface area contributed by atoms with Gasteiger partial charge in [0.05, 0.1) is 48.0 Å². The molecule has 0 unspecified atom stereocenters. The SMILES string of the molecule is O=[N+]([O-])c1ccc(-c2nc(/C=N/N3CCOCC3)cs2)s1. The van der Waals surface area contributed by atoms with E-state index in [2.05, 4.69) is 10.1 Å². The van der Waals surface area contributed by atoms with Gasteiger partial charge in [-0.2, -0.15) is 5.10 Å². The Balaban J connectivity index is 1.70. The van der Waals surface area contributed by atoms with Crippen LogP contribution < -0.4 is 0 Å². The maximum Gasteiger partial charge on any atom is 0.324 e. The summed E-state index contributed by atoms with van der Waals surface area (Å²) in [5, 5.41) is 19.8. The molecule has 1 aliphatic heterocycles. The van der Waals surface area contributed by atoms with Gasteiger partial charge in [0.25, 0.3) is 0 Å². The molecule has 0 bridgehead atoms. The van der Waals surface area contributed by atoms with Crippen molar-refractivity contribution in [2.75, 3.05) is 26.3 Å². The molecule has 0 radical (unpaired) electrons. The van der Waals surface area contributed by atoms with E-state index in [4.69, 9.17) is 4.74 Å². The van der Waals surface area contributed by atoms with Crippen molar-refractivity contribution in [3.05, 3.63) is 33.3 Å². The summed E-state index contributed by atoms with van der Waals surface area (Å²) in [7, 11) is 0. The molecule has 1 aliphatic rings. The third-order valence-electron chi connectivity index (χ3n) is 2.85. The molecule has 3 heterocycles. The number of morpholine rings is 1. The number of nitro groups is 1. The maximum absolute atomic E-state index is 10.7. The van der Waals surface area contributed by atoms with E-state index in [9.17, 15) is 10.1 Å². The predicted octanol–water partition coefficient (Wildman–Crippen LogP) is 2.45. The zero-order chi connectivity index (χ0) is 14.7. The number of hydrazone groups is 1. The fourth-order valence-corrected chi connectivity index (χ4v) is 3.47. The van der Waals surface area contributed by atoms with Crippen LogP contribution in [0.15, 0.2) is 22.6 Å². The number of nitrogens with zero attached hydrogens (tertiary/aromatic N) is 4. The molecule has 3 rings (SSSR count). The number of thiazole rings is 1. The van der Waals surface area contributed by atoms with Crippen molar-refractivity contribution < 1.29 is 9.66 Å². The molecule has 7 nitrogen and oxygen atoms in total. The third kappa shape index (κ3) is 3.43. The van der Waals surface area contributed by atoms with E-state index in [1.54, 1.807) is 12.3 Å². The molecule has 0 amide bonds. The lowest BCUT2D eigenvalue weighted by molar-refractivity contribution is -0.380. The third-order valence-corrected chi connectivity index (χ3v) is 4.91. The van der Waals surface area contributed by atoms with Crippen LogP contribution in [0, 0.1) is 10.1 Å². The zero-order valence-corrected chi connectivity index (χ0v) is 12.6. The van der Waals surface area contributed by atoms with Crippen molar-refractivity contribution in [3.63, 3.8) is 0 Å². The largest absolute Gasteiger partial charge is 0.378 e. The summed E-state index contributed by atoms with van der Waals surface area (Å²) in [6, 6.07) is 3.23. The minimum Gasteiger partial charge on any atom is -0.378 e. The predicted molar refractivity (Wildman–Crippen MR) is 82.1 cm³/mol. The number of hydrogen-bond acceptors (Lipinski definition) is 8. The molecule has 0 atom stereocenters. The molecule has 0 spiro atoms. The van der Waals surface area contributed by atoms with Crippen LogP contribution in [0.25, 0.3) is 9.88 Å². The quantitative estimate of drug-likeness (QED) is 0.490. The molecular weight excluding hydrogens is 312 g/mol. The zero-order valence-electron chi connectivity index (χ0n) is 11.0. The number of ether oxygens (including phenoxy) is 1. The van der Waals surface area contributed by atoms with E-state index in [-0.39, 0.29) is 9.92 Å². The highest BCUT2D eigenvalue weighted by atomic mass is 32.1. The Labute approximate surface area is 128 Å². The molecule has 2 aromatic rings. The smallest absolute Gasteiger partial charge is 0.324 e. The fourth-order valence-electron chi connectivity index (χ4n) is 1.81. The Morgan fingerprint density at radius 2 is 2.24 bits per heavy atom. The van der Waals surface area contributed by atoms with Crippen LogP contribution in [-0.4, -0.2) is 47.4 Å². The Morgan fingerprint density at radius 1 is 1.43 bits per heavy atom. The summed E-state index contributed by atoms with van der Waals surface area (Å²) in [4.78, 5) is 15.5. The lowest BCUT2D eigenvalue weighted by atomic mass is 10.4. The summed E-state index contributed by atoms with van der Waals surface area (Å²) in [6.07, 6.45) is 1.72. The van der Waals surface area contributed by atoms with Gasteiger partial charge in [-0.15, -0.1) is 11.3 Å². The van der Waals surface area contributed by atoms with Crippen LogP contribution in [0.3, 0.4) is 0 Å². The first-order valence-electron chi connectivity index (χ1n) is 6.29. The first kappa shape index (κ1) is 14.1. The van der Waals surface area contributed by atoms with E-state index in [1.165, 1.54) is 17.4 Å². The topological polar surface area (TPSA) is 80.9 Å². The van der Waals surface area contributed by atoms with Crippen molar-refractivity contribution in [3.8, 4) is 9.88 Å². The van der Waals surface area contributed by atoms with E-state index in [0.29, 0.717) is 13.2 Å². The highest BCUT2D eigenvalue weighted by Gasteiger charge is 2.13. The van der Waals surface area contributed by atoms with Crippen molar-refractivity contribution in [1.29, 1.82) is 0 Å². The molecule has 9 heteroatoms. The normalized spacial score (nSPS) is 15.7. The summed E-state index contributed by atoms with van der Waals surface area (Å²) >= 11 is 2.59. The van der Waals surface area contributed by atoms with Gasteiger partial charge in [0.2, 0.25) is 0 Å². The molecule has 110 valence electrons. The molecule has 0 N–H and O–H groups in total. The van der Waals surface area contributed by atoms with Gasteiger partial charge >= 0.3 is 5.00 Å². The lowest BCUT2D eigenvalue weighted by Crippen LogP contribution is -2.32. The van der Waals surface area contributed by atoms with E-state index >= 15 is 0 Å². The van der Waals surface area contributed by atoms with Crippen LogP contribution >= 0.6 is 22.7 Å². The van der Waals surface area contributed by atoms with Crippen LogP contribution in [0.2, 0.25) is 0 Å². The number of rotatable bonds is 4. The van der Waals surface area contributed by atoms with Crippen molar-refractivity contribution in [2.45, 2.75) is 0 Å². The summed E-state index contributed by atoms with van der Waals surface area (Å²) in [5.74, 6) is 0. The molecule has 2 aromatic heterocycles. The van der Waals surface area contributed by atoms with Gasteiger partial charge in [0.1, 0.15) is 5.01 Å². The van der Waals surface area contributed by atoms with Crippen molar-refractivity contribution in [1.82, 2.24) is 9.99 Å². The standard InChI is InChI=1S/C12H12N4O3S2/c17-16(18)11-2-1-10(21-11)12-14-9(8-20-12)7-13-15-3-5-19-6-4-15/h1-2,7-8H,3-6H2/b13-7+. The number of hydrogen-bond donors (Lipinski definition) is 0. The second-order valence-electron chi connectivity index (χ2n) is 4.28. The highest BCUT2D eigenvalue weighted by Crippen LogP contribution is 2.34. The van der Waals surface area contributed by atoms with Crippen molar-refractivity contribution >= 4 is 33.9 Å². The number of thiophene rings is 1. The monoisotopic (exact) mass is 324 g/mol. The Kier molecular flexibility index (Phi) is 4.23. The van der Waals surface area contributed by atoms with Gasteiger partial charge < -0.3 is 4.74 Å². The van der Waals surface area contributed by atoms with Gasteiger partial charge in [-0.3, -0.25) is 15.1 Å². The van der Waals surface area contributed by atoms with Gasteiger partial charge in [-0.25, -0.2) is 4.98 Å². The van der Waals surface area contributed by atoms with Crippen LogP contribution in [-0.2, 0) is 4.74 Å². The maximum atomic E-state index is 10.7. The fraction of sp³-hybridized carbons (Fsp3) is 0.333. The first-order chi connectivity index (χ1) is 10.2. The van der Waals surface area contributed by atoms with Gasteiger partial charge in [-0.05, 0) is 6.07 Å². The van der Waals surface area contributed by atoms with Crippen LogP contribution in [0.1, 0.15) is 5.69 Å². The Morgan fingerprint density at radius 3 is 2.95 bits per heavy atom. The van der Waals surface area contributed by atoms with Gasteiger partial charge in [-0.1, -0.05) is 11.3 Å². The average molecular weight is 324 g/mol. The van der Waals surface area contributed by atoms with E-state index < -0.39 is 0 Å². The van der Waals surface area contributed by atoms with Gasteiger partial charge in [0, 0.05) is 11.4 Å². The average Bonchev–Trinajstić information content (AvgIpc) is 3.15. The molecule has 21 heavy (non-hydrogen) atoms. The molecule has 1 saturated heterocycles. The highest BCUT2D eigenvalue weighted by molar-refractivity contribution is 7.23. The molecule has 0 aromatic carbocycles. The minimum atomic E-state index is -0.386. The Hall–Kier alpha value is -1.84. The van der Waals surface area contributed by atoms with Gasteiger partial charge in [0.15, 0.2) is 0 Å². The van der Waals surface area contributed by atoms with Crippen LogP contribution in [0.5, 0.6) is 0 Å². The Bertz CT molecular complexity index is 661. The van der Waals surface area contributed by atoms with E-state index in [0.717, 1.165) is 40.0 Å². The van der Waals surface area contributed by atoms with Crippen LogP contribution in [0.4, 0.5) is 5.00 Å². The summed E-state index contributed by atoms with van der Waals surface area (Å²) in [5.41, 5.74) is 0.762. The first-order valence-corrected chi connectivity index (χ1v) is 7.99. The molecule has 0 saturated carbocycles. The number of aromatic nitrogens is 1. The van der Waals surface area contributed by atoms with E-state index in [1.807, 2.05) is 10.4 Å². The molecular formula is C12H12N4O3S2. The summed E-state index contributed by atoms with van der Waals surface area (Å²) < 4.78 is 5.25. The molecule has 1 fully saturated rings. The van der Waals surface area contributed by atoms with Crippen molar-refractivity contribution in [2.24, 2.45) is 5.10 Å².